The molecular formula is C9H14N2O3. The predicted octanol–water partition coefficient (Wildman–Crippen LogP) is -1.02. The number of rotatable bonds is 2. The number of ether oxygens (including phenoxy) is 1. The molecule has 5 nitrogen and oxygen atoms in total. The van der Waals surface area contributed by atoms with E-state index in [0.717, 1.165) is 0 Å². The van der Waals surface area contributed by atoms with Crippen LogP contribution in [-0.4, -0.2) is 49.6 Å². The molecule has 2 aliphatic rings. The second kappa shape index (κ2) is 3.57. The molecule has 0 aromatic heterocycles. The normalized spacial score (nSPS) is 27.6. The minimum absolute atomic E-state index is 0.0176. The van der Waals surface area contributed by atoms with Crippen LogP contribution in [0, 0.1) is 5.92 Å². The second-order valence-electron chi connectivity index (χ2n) is 3.92. The maximum atomic E-state index is 11.6. The standard InChI is InChI=1S/C9H14N2O3/c1-11-3-6(2-8(11)12)9(13)10-7-4-14-5-7/h6-7H,2-5H2,1H3,(H,10,13). The summed E-state index contributed by atoms with van der Waals surface area (Å²) in [7, 11) is 1.72. The molecule has 0 saturated carbocycles. The Morgan fingerprint density at radius 2 is 2.29 bits per heavy atom. The van der Waals surface area contributed by atoms with Gasteiger partial charge in [-0.15, -0.1) is 0 Å². The van der Waals surface area contributed by atoms with Crippen molar-refractivity contribution < 1.29 is 14.3 Å². The molecule has 5 heteroatoms. The molecule has 2 fully saturated rings. The summed E-state index contributed by atoms with van der Waals surface area (Å²) in [4.78, 5) is 24.4. The molecule has 0 spiro atoms. The molecule has 1 atom stereocenters. The van der Waals surface area contributed by atoms with Gasteiger partial charge in [0.2, 0.25) is 11.8 Å². The Kier molecular flexibility index (Phi) is 2.41. The third-order valence-electron chi connectivity index (χ3n) is 2.70. The number of hydrogen-bond acceptors (Lipinski definition) is 3. The molecule has 0 radical (unpaired) electrons. The fourth-order valence-electron chi connectivity index (χ4n) is 1.68. The van der Waals surface area contributed by atoms with Crippen molar-refractivity contribution in [1.29, 1.82) is 0 Å². The van der Waals surface area contributed by atoms with Crippen LogP contribution >= 0.6 is 0 Å². The van der Waals surface area contributed by atoms with Gasteiger partial charge < -0.3 is 15.0 Å². The van der Waals surface area contributed by atoms with Gasteiger partial charge in [-0.25, -0.2) is 0 Å². The lowest BCUT2D eigenvalue weighted by molar-refractivity contribution is -0.130. The largest absolute Gasteiger partial charge is 0.377 e. The summed E-state index contributed by atoms with van der Waals surface area (Å²) in [6, 6.07) is 0.156. The Balaban J connectivity index is 1.83. The number of carbonyl (C=O) groups is 2. The van der Waals surface area contributed by atoms with Gasteiger partial charge in [0, 0.05) is 20.0 Å². The van der Waals surface area contributed by atoms with Crippen molar-refractivity contribution in [3.8, 4) is 0 Å². The number of nitrogens with one attached hydrogen (secondary N) is 1. The lowest BCUT2D eigenvalue weighted by atomic mass is 10.1. The average Bonchev–Trinajstić information content (AvgIpc) is 2.40. The minimum Gasteiger partial charge on any atom is -0.377 e. The third kappa shape index (κ3) is 1.72. The van der Waals surface area contributed by atoms with Crippen LogP contribution in [0.4, 0.5) is 0 Å². The van der Waals surface area contributed by atoms with E-state index in [2.05, 4.69) is 5.32 Å². The lowest BCUT2D eigenvalue weighted by Gasteiger charge is -2.27. The zero-order valence-electron chi connectivity index (χ0n) is 8.16. The maximum Gasteiger partial charge on any atom is 0.225 e. The van der Waals surface area contributed by atoms with E-state index < -0.39 is 0 Å². The number of carbonyl (C=O) groups excluding carboxylic acids is 2. The first-order chi connectivity index (χ1) is 6.66. The van der Waals surface area contributed by atoms with E-state index in [1.54, 1.807) is 11.9 Å². The molecule has 2 saturated heterocycles. The average molecular weight is 198 g/mol. The van der Waals surface area contributed by atoms with Crippen LogP contribution < -0.4 is 5.32 Å². The second-order valence-corrected chi connectivity index (χ2v) is 3.92. The maximum absolute atomic E-state index is 11.6. The lowest BCUT2D eigenvalue weighted by Crippen LogP contribution is -2.50. The van der Waals surface area contributed by atoms with Gasteiger partial charge in [-0.3, -0.25) is 9.59 Å². The Bertz CT molecular complexity index is 263. The summed E-state index contributed by atoms with van der Waals surface area (Å²) >= 11 is 0. The van der Waals surface area contributed by atoms with Crippen LogP contribution in [-0.2, 0) is 14.3 Å². The molecule has 0 aromatic rings. The predicted molar refractivity (Wildman–Crippen MR) is 48.5 cm³/mol. The quantitative estimate of drug-likeness (QED) is 0.618. The van der Waals surface area contributed by atoms with E-state index >= 15 is 0 Å². The molecule has 2 rings (SSSR count). The van der Waals surface area contributed by atoms with E-state index in [1.165, 1.54) is 0 Å². The van der Waals surface area contributed by atoms with Crippen molar-refractivity contribution in [3.05, 3.63) is 0 Å². The van der Waals surface area contributed by atoms with Gasteiger partial charge in [0.25, 0.3) is 0 Å². The van der Waals surface area contributed by atoms with Crippen LogP contribution in [0.15, 0.2) is 0 Å². The van der Waals surface area contributed by atoms with Gasteiger partial charge in [0.15, 0.2) is 0 Å². The molecule has 0 aliphatic carbocycles. The first-order valence-electron chi connectivity index (χ1n) is 4.79. The van der Waals surface area contributed by atoms with Gasteiger partial charge >= 0.3 is 0 Å². The molecular weight excluding hydrogens is 184 g/mol. The summed E-state index contributed by atoms with van der Waals surface area (Å²) in [5.74, 6) is -0.140. The molecule has 78 valence electrons. The number of nitrogens with zero attached hydrogens (tertiary/aromatic N) is 1. The van der Waals surface area contributed by atoms with Crippen LogP contribution in [0.1, 0.15) is 6.42 Å². The molecule has 2 heterocycles. The number of likely N-dealkylation sites (tertiary alicyclic amines) is 1. The number of amides is 2. The Morgan fingerprint density at radius 1 is 1.57 bits per heavy atom. The smallest absolute Gasteiger partial charge is 0.225 e. The van der Waals surface area contributed by atoms with Crippen LogP contribution in [0.3, 0.4) is 0 Å². The van der Waals surface area contributed by atoms with Crippen LogP contribution in [0.5, 0.6) is 0 Å². The monoisotopic (exact) mass is 198 g/mol. The zero-order chi connectivity index (χ0) is 10.1. The molecule has 0 aromatic carbocycles. The van der Waals surface area contributed by atoms with Crippen LogP contribution in [0.25, 0.3) is 0 Å². The van der Waals surface area contributed by atoms with Gasteiger partial charge in [0.1, 0.15) is 0 Å². The number of hydrogen-bond donors (Lipinski definition) is 1. The molecule has 1 unspecified atom stereocenters. The highest BCUT2D eigenvalue weighted by atomic mass is 16.5. The van der Waals surface area contributed by atoms with E-state index in [1.807, 2.05) is 0 Å². The first kappa shape index (κ1) is 9.45. The minimum atomic E-state index is -0.173. The van der Waals surface area contributed by atoms with Gasteiger partial charge in [0.05, 0.1) is 25.2 Å². The van der Waals surface area contributed by atoms with Crippen molar-refractivity contribution in [1.82, 2.24) is 10.2 Å². The first-order valence-corrected chi connectivity index (χ1v) is 4.79. The molecule has 1 N–H and O–H groups in total. The fourth-order valence-corrected chi connectivity index (χ4v) is 1.68. The molecule has 14 heavy (non-hydrogen) atoms. The van der Waals surface area contributed by atoms with E-state index in [0.29, 0.717) is 26.2 Å². The van der Waals surface area contributed by atoms with Gasteiger partial charge in [-0.05, 0) is 0 Å². The van der Waals surface area contributed by atoms with E-state index in [-0.39, 0.29) is 23.8 Å². The molecule has 0 bridgehead atoms. The van der Waals surface area contributed by atoms with Crippen molar-refractivity contribution >= 4 is 11.8 Å². The topological polar surface area (TPSA) is 58.6 Å². The summed E-state index contributed by atoms with van der Waals surface area (Å²) in [5.41, 5.74) is 0. The summed E-state index contributed by atoms with van der Waals surface area (Å²) < 4.78 is 4.95. The third-order valence-corrected chi connectivity index (χ3v) is 2.70. The van der Waals surface area contributed by atoms with Gasteiger partial charge in [-0.2, -0.15) is 0 Å². The van der Waals surface area contributed by atoms with E-state index in [4.69, 9.17) is 4.74 Å². The zero-order valence-corrected chi connectivity index (χ0v) is 8.16. The van der Waals surface area contributed by atoms with Crippen LogP contribution in [0.2, 0.25) is 0 Å². The van der Waals surface area contributed by atoms with Gasteiger partial charge in [-0.1, -0.05) is 0 Å². The summed E-state index contributed by atoms with van der Waals surface area (Å²) in [6.07, 6.45) is 0.343. The van der Waals surface area contributed by atoms with Crippen molar-refractivity contribution in [3.63, 3.8) is 0 Å². The molecule has 2 aliphatic heterocycles. The van der Waals surface area contributed by atoms with Crippen molar-refractivity contribution in [2.75, 3.05) is 26.8 Å². The molecule has 2 amide bonds. The Hall–Kier alpha value is -1.10. The highest BCUT2D eigenvalue weighted by Crippen LogP contribution is 2.16. The summed E-state index contributed by atoms with van der Waals surface area (Å²) in [5, 5.41) is 2.86. The SMILES string of the molecule is CN1CC(C(=O)NC2COC2)CC1=O. The van der Waals surface area contributed by atoms with Crippen molar-refractivity contribution in [2.24, 2.45) is 5.92 Å². The highest BCUT2D eigenvalue weighted by Gasteiger charge is 2.33. The van der Waals surface area contributed by atoms with Crippen molar-refractivity contribution in [2.45, 2.75) is 12.5 Å². The highest BCUT2D eigenvalue weighted by molar-refractivity contribution is 5.89. The Labute approximate surface area is 82.4 Å². The fraction of sp³-hybridized carbons (Fsp3) is 0.778. The Morgan fingerprint density at radius 3 is 2.71 bits per heavy atom. The summed E-state index contributed by atoms with van der Waals surface area (Å²) in [6.45, 7) is 1.74. The van der Waals surface area contributed by atoms with E-state index in [9.17, 15) is 9.59 Å².